The molecular formula is C11H17F3N2O3. The number of rotatable bonds is 4. The number of nitrogens with zero attached hydrogens (tertiary/aromatic N) is 1. The van der Waals surface area contributed by atoms with Crippen molar-refractivity contribution in [1.29, 1.82) is 0 Å². The fourth-order valence-electron chi connectivity index (χ4n) is 2.08. The number of carboxylic acids is 1. The van der Waals surface area contributed by atoms with Crippen molar-refractivity contribution in [2.75, 3.05) is 13.1 Å². The van der Waals surface area contributed by atoms with Crippen LogP contribution < -0.4 is 5.32 Å². The zero-order chi connectivity index (χ0) is 14.8. The van der Waals surface area contributed by atoms with Crippen molar-refractivity contribution in [2.24, 2.45) is 5.92 Å². The lowest BCUT2D eigenvalue weighted by Crippen LogP contribution is -2.47. The van der Waals surface area contributed by atoms with Crippen LogP contribution in [0, 0.1) is 5.92 Å². The molecule has 1 heterocycles. The Bertz CT molecular complexity index is 360. The van der Waals surface area contributed by atoms with E-state index < -0.39 is 42.6 Å². The van der Waals surface area contributed by atoms with E-state index in [1.807, 2.05) is 0 Å². The third-order valence-electron chi connectivity index (χ3n) is 3.44. The Labute approximate surface area is 108 Å². The van der Waals surface area contributed by atoms with Crippen molar-refractivity contribution in [3.8, 4) is 0 Å². The summed E-state index contributed by atoms with van der Waals surface area (Å²) < 4.78 is 36.8. The summed E-state index contributed by atoms with van der Waals surface area (Å²) >= 11 is 0. The Morgan fingerprint density at radius 3 is 2.47 bits per heavy atom. The molecule has 5 nitrogen and oxygen atoms in total. The summed E-state index contributed by atoms with van der Waals surface area (Å²) in [4.78, 5) is 23.9. The molecular weight excluding hydrogens is 265 g/mol. The van der Waals surface area contributed by atoms with Crippen LogP contribution in [-0.2, 0) is 9.59 Å². The van der Waals surface area contributed by atoms with Gasteiger partial charge in [0.05, 0.1) is 12.5 Å². The molecule has 0 bridgehead atoms. The maximum absolute atomic E-state index is 12.3. The number of alkyl halides is 3. The maximum Gasteiger partial charge on any atom is 0.403 e. The average Bonchev–Trinajstić information content (AvgIpc) is 2.66. The smallest absolute Gasteiger partial charge is 0.403 e. The highest BCUT2D eigenvalue weighted by molar-refractivity contribution is 5.81. The molecule has 0 aromatic rings. The summed E-state index contributed by atoms with van der Waals surface area (Å²) in [6.45, 7) is 2.34. The lowest BCUT2D eigenvalue weighted by atomic mass is 10.0. The van der Waals surface area contributed by atoms with E-state index in [4.69, 9.17) is 5.11 Å². The van der Waals surface area contributed by atoms with Gasteiger partial charge >= 0.3 is 12.1 Å². The first-order valence-electron chi connectivity index (χ1n) is 5.97. The number of hydrogen-bond donors (Lipinski definition) is 2. The van der Waals surface area contributed by atoms with Crippen LogP contribution in [0.4, 0.5) is 13.2 Å². The number of carbonyl (C=O) groups is 2. The molecule has 1 fully saturated rings. The highest BCUT2D eigenvalue weighted by Gasteiger charge is 2.39. The van der Waals surface area contributed by atoms with Crippen LogP contribution in [0.15, 0.2) is 0 Å². The van der Waals surface area contributed by atoms with E-state index in [2.05, 4.69) is 5.32 Å². The van der Waals surface area contributed by atoms with Crippen LogP contribution in [0.3, 0.4) is 0 Å². The van der Waals surface area contributed by atoms with Gasteiger partial charge in [-0.05, 0) is 20.3 Å². The molecule has 110 valence electrons. The quantitative estimate of drug-likeness (QED) is 0.802. The molecule has 0 saturated carbocycles. The second kappa shape index (κ2) is 5.77. The molecule has 0 radical (unpaired) electrons. The van der Waals surface area contributed by atoms with Gasteiger partial charge in [-0.1, -0.05) is 0 Å². The summed E-state index contributed by atoms with van der Waals surface area (Å²) in [5.74, 6) is -2.14. The lowest BCUT2D eigenvalue weighted by molar-refractivity contribution is -0.153. The minimum absolute atomic E-state index is 0.263. The fraction of sp³-hybridized carbons (Fsp3) is 0.818. The van der Waals surface area contributed by atoms with Crippen molar-refractivity contribution in [3.05, 3.63) is 0 Å². The molecule has 19 heavy (non-hydrogen) atoms. The Morgan fingerprint density at radius 2 is 2.05 bits per heavy atom. The molecule has 0 aromatic heterocycles. The first-order chi connectivity index (χ1) is 8.64. The van der Waals surface area contributed by atoms with E-state index in [1.54, 1.807) is 6.92 Å². The van der Waals surface area contributed by atoms with Crippen molar-refractivity contribution in [3.63, 3.8) is 0 Å². The molecule has 0 aromatic carbocycles. The highest BCUT2D eigenvalue weighted by atomic mass is 19.4. The van der Waals surface area contributed by atoms with Gasteiger partial charge in [0, 0.05) is 12.6 Å². The molecule has 1 saturated heterocycles. The zero-order valence-corrected chi connectivity index (χ0v) is 10.7. The number of hydrogen-bond acceptors (Lipinski definition) is 3. The first kappa shape index (κ1) is 15.7. The molecule has 2 N–H and O–H groups in total. The van der Waals surface area contributed by atoms with Crippen molar-refractivity contribution in [1.82, 2.24) is 10.2 Å². The SMILES string of the molecule is C[C@H]1[C@@H](C(=O)O)CCN1C(=O)CN[C@H](C)C(F)(F)F. The molecule has 1 aliphatic rings. The summed E-state index contributed by atoms with van der Waals surface area (Å²) in [5.41, 5.74) is 0. The van der Waals surface area contributed by atoms with E-state index in [1.165, 1.54) is 4.90 Å². The van der Waals surface area contributed by atoms with Gasteiger partial charge in [0.15, 0.2) is 0 Å². The number of aliphatic carboxylic acids is 1. The second-order valence-corrected chi connectivity index (χ2v) is 4.71. The van der Waals surface area contributed by atoms with Gasteiger partial charge in [0.2, 0.25) is 5.91 Å². The molecule has 0 aliphatic carbocycles. The Hall–Kier alpha value is -1.31. The molecule has 8 heteroatoms. The van der Waals surface area contributed by atoms with Gasteiger partial charge in [-0.2, -0.15) is 13.2 Å². The monoisotopic (exact) mass is 282 g/mol. The third-order valence-corrected chi connectivity index (χ3v) is 3.44. The minimum atomic E-state index is -4.40. The average molecular weight is 282 g/mol. The van der Waals surface area contributed by atoms with Crippen molar-refractivity contribution < 1.29 is 27.9 Å². The second-order valence-electron chi connectivity index (χ2n) is 4.71. The predicted molar refractivity (Wildman–Crippen MR) is 60.4 cm³/mol. The van der Waals surface area contributed by atoms with Gasteiger partial charge in [0.1, 0.15) is 6.04 Å². The van der Waals surface area contributed by atoms with Gasteiger partial charge in [0.25, 0.3) is 0 Å². The topological polar surface area (TPSA) is 69.6 Å². The molecule has 3 atom stereocenters. The first-order valence-corrected chi connectivity index (χ1v) is 5.97. The predicted octanol–water partition coefficient (Wildman–Crippen LogP) is 0.848. The molecule has 0 spiro atoms. The number of nitrogens with one attached hydrogen (secondary N) is 1. The minimum Gasteiger partial charge on any atom is -0.481 e. The van der Waals surface area contributed by atoms with Crippen molar-refractivity contribution >= 4 is 11.9 Å². The number of carbonyl (C=O) groups excluding carboxylic acids is 1. The van der Waals surface area contributed by atoms with E-state index in [9.17, 15) is 22.8 Å². The molecule has 0 unspecified atom stereocenters. The van der Waals surface area contributed by atoms with Crippen LogP contribution in [0.2, 0.25) is 0 Å². The van der Waals surface area contributed by atoms with Crippen LogP contribution >= 0.6 is 0 Å². The van der Waals surface area contributed by atoms with Gasteiger partial charge in [-0.3, -0.25) is 14.9 Å². The van der Waals surface area contributed by atoms with E-state index in [-0.39, 0.29) is 6.54 Å². The highest BCUT2D eigenvalue weighted by Crippen LogP contribution is 2.24. The van der Waals surface area contributed by atoms with Crippen LogP contribution in [0.25, 0.3) is 0 Å². The Kier molecular flexibility index (Phi) is 4.78. The normalized spacial score (nSPS) is 25.4. The zero-order valence-electron chi connectivity index (χ0n) is 10.7. The van der Waals surface area contributed by atoms with Gasteiger partial charge < -0.3 is 10.0 Å². The van der Waals surface area contributed by atoms with E-state index in [0.29, 0.717) is 6.42 Å². The molecule has 1 amide bonds. The van der Waals surface area contributed by atoms with Crippen LogP contribution in [0.1, 0.15) is 20.3 Å². The van der Waals surface area contributed by atoms with Crippen molar-refractivity contribution in [2.45, 2.75) is 38.5 Å². The van der Waals surface area contributed by atoms with Gasteiger partial charge in [-0.25, -0.2) is 0 Å². The summed E-state index contributed by atoms with van der Waals surface area (Å²) in [6, 6.07) is -2.27. The largest absolute Gasteiger partial charge is 0.481 e. The molecule has 1 rings (SSSR count). The van der Waals surface area contributed by atoms with Crippen LogP contribution in [-0.4, -0.2) is 53.2 Å². The van der Waals surface area contributed by atoms with E-state index in [0.717, 1.165) is 6.92 Å². The molecule has 1 aliphatic heterocycles. The fourth-order valence-corrected chi connectivity index (χ4v) is 2.08. The summed E-state index contributed by atoms with van der Waals surface area (Å²) in [6.07, 6.45) is -4.07. The third kappa shape index (κ3) is 3.82. The maximum atomic E-state index is 12.3. The Morgan fingerprint density at radius 1 is 1.47 bits per heavy atom. The standard InChI is InChI=1S/C11H17F3N2O3/c1-6-8(10(18)19)3-4-16(6)9(17)5-15-7(2)11(12,13)14/h6-8,15H,3-5H2,1-2H3,(H,18,19)/t6-,7+,8-/m0/s1. The van der Waals surface area contributed by atoms with E-state index >= 15 is 0 Å². The number of amides is 1. The lowest BCUT2D eigenvalue weighted by Gasteiger charge is -2.25. The van der Waals surface area contributed by atoms with Gasteiger partial charge in [-0.15, -0.1) is 0 Å². The van der Waals surface area contributed by atoms with Crippen LogP contribution in [0.5, 0.6) is 0 Å². The number of halogens is 3. The summed E-state index contributed by atoms with van der Waals surface area (Å²) in [7, 11) is 0. The summed E-state index contributed by atoms with van der Waals surface area (Å²) in [5, 5.41) is 11.0. The Balaban J connectivity index is 2.50. The number of likely N-dealkylation sites (tertiary alicyclic amines) is 1. The number of carboxylic acid groups (broad SMARTS) is 1.